The van der Waals surface area contributed by atoms with Crippen molar-refractivity contribution in [3.05, 3.63) is 76.2 Å². The molecule has 2 aromatic carbocycles. The van der Waals surface area contributed by atoms with Crippen molar-refractivity contribution in [2.75, 3.05) is 36.4 Å². The average Bonchev–Trinajstić information content (AvgIpc) is 3.27. The van der Waals surface area contributed by atoms with Gasteiger partial charge in [0, 0.05) is 25.2 Å². The van der Waals surface area contributed by atoms with Crippen molar-refractivity contribution in [1.82, 2.24) is 14.6 Å². The number of hydrogen-bond acceptors (Lipinski definition) is 8. The first-order valence-electron chi connectivity index (χ1n) is 12.4. The second kappa shape index (κ2) is 12.3. The molecule has 3 aromatic rings. The zero-order valence-electron chi connectivity index (χ0n) is 21.0. The van der Waals surface area contributed by atoms with Crippen molar-refractivity contribution >= 4 is 38.1 Å². The van der Waals surface area contributed by atoms with E-state index in [0.717, 1.165) is 29.0 Å². The van der Waals surface area contributed by atoms with Gasteiger partial charge < -0.3 is 16.4 Å². The van der Waals surface area contributed by atoms with Crippen LogP contribution in [0.15, 0.2) is 48.5 Å². The third kappa shape index (κ3) is 6.73. The van der Waals surface area contributed by atoms with Crippen molar-refractivity contribution < 1.29 is 22.0 Å². The van der Waals surface area contributed by atoms with E-state index in [4.69, 9.17) is 5.73 Å². The number of nitrogen functional groups attached to an aromatic ring is 1. The van der Waals surface area contributed by atoms with Crippen LogP contribution >= 0.6 is 11.3 Å². The molecule has 8 nitrogen and oxygen atoms in total. The van der Waals surface area contributed by atoms with Crippen LogP contribution in [0.3, 0.4) is 0 Å². The molecule has 0 radical (unpaired) electrons. The molecule has 12 heteroatoms. The van der Waals surface area contributed by atoms with Crippen LogP contribution in [-0.4, -0.2) is 54.9 Å². The number of carbonyl (C=O) groups excluding carboxylic acids is 1. The van der Waals surface area contributed by atoms with Gasteiger partial charge in [-0.05, 0) is 50.4 Å². The lowest BCUT2D eigenvalue weighted by Gasteiger charge is -2.31. The Morgan fingerprint density at radius 2 is 1.79 bits per heavy atom. The van der Waals surface area contributed by atoms with Gasteiger partial charge in [-0.2, -0.15) is 0 Å². The number of hydrogen-bond donors (Lipinski definition) is 3. The van der Waals surface area contributed by atoms with Crippen LogP contribution in [0.1, 0.15) is 53.0 Å². The van der Waals surface area contributed by atoms with Gasteiger partial charge >= 0.3 is 0 Å². The van der Waals surface area contributed by atoms with Crippen LogP contribution in [0, 0.1) is 11.6 Å². The van der Waals surface area contributed by atoms with Gasteiger partial charge in [0.15, 0.2) is 5.13 Å². The van der Waals surface area contributed by atoms with E-state index < -0.39 is 33.0 Å². The van der Waals surface area contributed by atoms with Crippen molar-refractivity contribution in [1.29, 1.82) is 0 Å². The zero-order valence-corrected chi connectivity index (χ0v) is 22.6. The lowest BCUT2D eigenvalue weighted by molar-refractivity contribution is 0.103. The Labute approximate surface area is 225 Å². The molecular formula is C26H31F2N5O3S2. The number of sulfonamides is 1. The number of nitrogens with two attached hydrogens (primary N) is 1. The Morgan fingerprint density at radius 3 is 2.45 bits per heavy atom. The summed E-state index contributed by atoms with van der Waals surface area (Å²) in [5.41, 5.74) is 6.36. The number of aromatic nitrogens is 1. The summed E-state index contributed by atoms with van der Waals surface area (Å²) in [6, 6.07) is 13.3. The Kier molecular flexibility index (Phi) is 9.08. The maximum atomic E-state index is 14.0. The Hall–Kier alpha value is -2.93. The fourth-order valence-corrected chi connectivity index (χ4v) is 6.84. The highest BCUT2D eigenvalue weighted by Gasteiger charge is 2.29. The van der Waals surface area contributed by atoms with Crippen LogP contribution < -0.4 is 16.4 Å². The molecule has 0 spiro atoms. The van der Waals surface area contributed by atoms with Gasteiger partial charge in [-0.1, -0.05) is 47.7 Å². The molecule has 1 saturated heterocycles. The average molecular weight is 564 g/mol. The molecule has 1 aliphatic rings. The molecular weight excluding hydrogens is 532 g/mol. The van der Waals surface area contributed by atoms with Crippen LogP contribution in [0.5, 0.6) is 0 Å². The molecule has 1 aliphatic heterocycles. The van der Waals surface area contributed by atoms with Crippen molar-refractivity contribution in [2.45, 2.75) is 38.3 Å². The molecule has 0 bridgehead atoms. The minimum absolute atomic E-state index is 0.0493. The van der Waals surface area contributed by atoms with Crippen LogP contribution in [0.4, 0.5) is 19.7 Å². The number of carbonyl (C=O) groups is 1. The minimum Gasteiger partial charge on any atom is -0.382 e. The number of nitrogens with one attached hydrogen (secondary N) is 2. The first-order valence-corrected chi connectivity index (χ1v) is 14.9. The highest BCUT2D eigenvalue weighted by Crippen LogP contribution is 2.30. The molecule has 0 amide bonds. The lowest BCUT2D eigenvalue weighted by atomic mass is 10.1. The fraction of sp³-hybridized carbons (Fsp3) is 0.385. The number of ketones is 1. The smallest absolute Gasteiger partial charge is 0.214 e. The summed E-state index contributed by atoms with van der Waals surface area (Å²) in [7, 11) is -3.38. The van der Waals surface area contributed by atoms with Gasteiger partial charge in [-0.3, -0.25) is 4.79 Å². The van der Waals surface area contributed by atoms with E-state index in [0.29, 0.717) is 44.0 Å². The summed E-state index contributed by atoms with van der Waals surface area (Å²) in [4.78, 5) is 16.8. The summed E-state index contributed by atoms with van der Waals surface area (Å²) in [6.45, 7) is 3.37. The standard InChI is InChI=1S/C26H31F2N5O3S2/c1-17(18-7-3-2-4-8-18)30-13-6-16-38(35,36)33-14-11-19(12-15-33)31-26-32-25(29)24(37-26)23(34)22-20(27)9-5-10-21(22)28/h2-5,7-10,17,19,30H,6,11-16,29H2,1H3,(H,31,32). The van der Waals surface area contributed by atoms with E-state index in [-0.39, 0.29) is 28.5 Å². The normalized spacial score (nSPS) is 15.9. The van der Waals surface area contributed by atoms with E-state index in [9.17, 15) is 22.0 Å². The lowest BCUT2D eigenvalue weighted by Crippen LogP contribution is -2.43. The SMILES string of the molecule is CC(NCCCS(=O)(=O)N1CCC(Nc2nc(N)c(C(=O)c3c(F)cccc3F)s2)CC1)c1ccccc1. The number of benzene rings is 2. The Morgan fingerprint density at radius 1 is 1.13 bits per heavy atom. The van der Waals surface area contributed by atoms with Crippen LogP contribution in [-0.2, 0) is 10.0 Å². The molecule has 1 unspecified atom stereocenters. The molecule has 2 heterocycles. The van der Waals surface area contributed by atoms with Crippen LogP contribution in [0.2, 0.25) is 0 Å². The number of anilines is 2. The molecule has 0 saturated carbocycles. The maximum Gasteiger partial charge on any atom is 0.214 e. The van der Waals surface area contributed by atoms with Gasteiger partial charge in [0.1, 0.15) is 22.3 Å². The number of nitrogens with zero attached hydrogens (tertiary/aromatic N) is 2. The Balaban J connectivity index is 1.26. The van der Waals surface area contributed by atoms with Crippen LogP contribution in [0.25, 0.3) is 0 Å². The van der Waals surface area contributed by atoms with Crippen molar-refractivity contribution in [3.8, 4) is 0 Å². The molecule has 204 valence electrons. The third-order valence-corrected chi connectivity index (χ3v) is 9.51. The molecule has 1 fully saturated rings. The Bertz CT molecular complexity index is 1340. The number of thiazole rings is 1. The van der Waals surface area contributed by atoms with Crippen molar-refractivity contribution in [2.24, 2.45) is 0 Å². The summed E-state index contributed by atoms with van der Waals surface area (Å²) in [5, 5.41) is 6.90. The summed E-state index contributed by atoms with van der Waals surface area (Å²) >= 11 is 0.925. The molecule has 0 aliphatic carbocycles. The quantitative estimate of drug-likeness (QED) is 0.237. The predicted octanol–water partition coefficient (Wildman–Crippen LogP) is 4.18. The van der Waals surface area contributed by atoms with E-state index in [2.05, 4.69) is 22.5 Å². The molecule has 1 atom stereocenters. The number of piperidine rings is 1. The largest absolute Gasteiger partial charge is 0.382 e. The highest BCUT2D eigenvalue weighted by atomic mass is 32.2. The van der Waals surface area contributed by atoms with Gasteiger partial charge in [0.2, 0.25) is 15.8 Å². The number of rotatable bonds is 11. The summed E-state index contributed by atoms with van der Waals surface area (Å²) in [5.74, 6) is -2.84. The van der Waals surface area contributed by atoms with E-state index in [1.165, 1.54) is 10.4 Å². The predicted molar refractivity (Wildman–Crippen MR) is 146 cm³/mol. The molecule has 4 rings (SSSR count). The van der Waals surface area contributed by atoms with Crippen molar-refractivity contribution in [3.63, 3.8) is 0 Å². The van der Waals surface area contributed by atoms with Gasteiger partial charge in [0.05, 0.1) is 11.3 Å². The van der Waals surface area contributed by atoms with Gasteiger partial charge in [-0.15, -0.1) is 0 Å². The minimum atomic E-state index is -3.38. The first kappa shape index (κ1) is 28.1. The second-order valence-corrected chi connectivity index (χ2v) is 12.3. The topological polar surface area (TPSA) is 117 Å². The molecule has 38 heavy (non-hydrogen) atoms. The monoisotopic (exact) mass is 563 g/mol. The summed E-state index contributed by atoms with van der Waals surface area (Å²) < 4.78 is 55.3. The van der Waals surface area contributed by atoms with E-state index in [1.54, 1.807) is 0 Å². The van der Waals surface area contributed by atoms with Gasteiger partial charge in [-0.25, -0.2) is 26.5 Å². The highest BCUT2D eigenvalue weighted by molar-refractivity contribution is 7.89. The fourth-order valence-electron chi connectivity index (χ4n) is 4.40. The zero-order chi connectivity index (χ0) is 27.3. The van der Waals surface area contributed by atoms with E-state index >= 15 is 0 Å². The summed E-state index contributed by atoms with van der Waals surface area (Å²) in [6.07, 6.45) is 1.61. The maximum absolute atomic E-state index is 14.0. The number of halogens is 2. The third-order valence-electron chi connectivity index (χ3n) is 6.55. The molecule has 4 N–H and O–H groups in total. The first-order chi connectivity index (χ1) is 18.2. The molecule has 1 aromatic heterocycles. The van der Waals surface area contributed by atoms with Gasteiger partial charge in [0.25, 0.3) is 0 Å². The van der Waals surface area contributed by atoms with E-state index in [1.807, 2.05) is 30.3 Å². The second-order valence-electron chi connectivity index (χ2n) is 9.23.